The Hall–Kier alpha value is -3.03. The molecule has 2 amide bonds. The van der Waals surface area contributed by atoms with E-state index in [9.17, 15) is 9.59 Å². The normalized spacial score (nSPS) is 17.3. The molecule has 0 bridgehead atoms. The van der Waals surface area contributed by atoms with E-state index in [0.29, 0.717) is 13.0 Å². The molecule has 2 aromatic carbocycles. The Morgan fingerprint density at radius 3 is 2.55 bits per heavy atom. The van der Waals surface area contributed by atoms with Gasteiger partial charge in [0.05, 0.1) is 12.6 Å². The standard InChI is InChI=1S/C22H22N4O2S/c23-21(28)18-12-16-8-4-5-9-17(16)13-26(18)14-19(27)25-20(22-24-10-11-29-22)15-6-2-1-3-7-15/h1-11,18,20H,12-14H2,(H2,23,28)(H,25,27)/t18-,20?/m0/s1. The third kappa shape index (κ3) is 4.36. The van der Waals surface area contributed by atoms with E-state index in [-0.39, 0.29) is 18.5 Å². The second-order valence-electron chi connectivity index (χ2n) is 7.08. The van der Waals surface area contributed by atoms with Crippen molar-refractivity contribution in [2.24, 2.45) is 5.73 Å². The molecular weight excluding hydrogens is 384 g/mol. The first kappa shape index (κ1) is 19.3. The van der Waals surface area contributed by atoms with Crippen LogP contribution in [0.2, 0.25) is 0 Å². The first-order valence-corrected chi connectivity index (χ1v) is 10.3. The van der Waals surface area contributed by atoms with E-state index >= 15 is 0 Å². The molecule has 1 aliphatic heterocycles. The predicted molar refractivity (Wildman–Crippen MR) is 112 cm³/mol. The Kier molecular flexibility index (Phi) is 5.69. The number of carbonyl (C=O) groups excluding carboxylic acids is 2. The van der Waals surface area contributed by atoms with Crippen LogP contribution in [0.1, 0.15) is 27.7 Å². The van der Waals surface area contributed by atoms with E-state index in [4.69, 9.17) is 5.73 Å². The first-order valence-electron chi connectivity index (χ1n) is 9.45. The second-order valence-corrected chi connectivity index (χ2v) is 8.00. The van der Waals surface area contributed by atoms with Gasteiger partial charge in [-0.3, -0.25) is 14.5 Å². The van der Waals surface area contributed by atoms with Crippen molar-refractivity contribution in [3.8, 4) is 0 Å². The lowest BCUT2D eigenvalue weighted by Gasteiger charge is -2.34. The smallest absolute Gasteiger partial charge is 0.235 e. The molecule has 2 heterocycles. The van der Waals surface area contributed by atoms with E-state index in [1.54, 1.807) is 6.20 Å². The fourth-order valence-electron chi connectivity index (χ4n) is 3.73. The summed E-state index contributed by atoms with van der Waals surface area (Å²) in [5, 5.41) is 5.79. The number of nitrogens with one attached hydrogen (secondary N) is 1. The first-order chi connectivity index (χ1) is 14.1. The zero-order valence-corrected chi connectivity index (χ0v) is 16.6. The molecular formula is C22H22N4O2S. The van der Waals surface area contributed by atoms with Gasteiger partial charge in [0.25, 0.3) is 0 Å². The largest absolute Gasteiger partial charge is 0.368 e. The number of primary amides is 1. The van der Waals surface area contributed by atoms with E-state index in [1.165, 1.54) is 11.3 Å². The summed E-state index contributed by atoms with van der Waals surface area (Å²) in [6, 6.07) is 16.9. The van der Waals surface area contributed by atoms with Gasteiger partial charge < -0.3 is 11.1 Å². The molecule has 2 atom stereocenters. The number of thiazole rings is 1. The highest BCUT2D eigenvalue weighted by Gasteiger charge is 2.32. The Balaban J connectivity index is 1.52. The van der Waals surface area contributed by atoms with Gasteiger partial charge in [-0.2, -0.15) is 0 Å². The molecule has 29 heavy (non-hydrogen) atoms. The lowest BCUT2D eigenvalue weighted by Crippen LogP contribution is -2.52. The van der Waals surface area contributed by atoms with Crippen molar-refractivity contribution < 1.29 is 9.59 Å². The quantitative estimate of drug-likeness (QED) is 0.657. The fourth-order valence-corrected chi connectivity index (χ4v) is 4.44. The van der Waals surface area contributed by atoms with Gasteiger partial charge in [0.2, 0.25) is 11.8 Å². The minimum absolute atomic E-state index is 0.0939. The number of fused-ring (bicyclic) bond motifs is 1. The van der Waals surface area contributed by atoms with Crippen molar-refractivity contribution in [1.82, 2.24) is 15.2 Å². The van der Waals surface area contributed by atoms with Gasteiger partial charge in [-0.25, -0.2) is 4.98 Å². The summed E-state index contributed by atoms with van der Waals surface area (Å²) < 4.78 is 0. The number of amides is 2. The molecule has 0 saturated heterocycles. The number of aromatic nitrogens is 1. The van der Waals surface area contributed by atoms with Crippen LogP contribution in [0.25, 0.3) is 0 Å². The lowest BCUT2D eigenvalue weighted by atomic mass is 9.93. The molecule has 148 valence electrons. The van der Waals surface area contributed by atoms with Gasteiger partial charge in [-0.1, -0.05) is 54.6 Å². The highest BCUT2D eigenvalue weighted by Crippen LogP contribution is 2.25. The van der Waals surface area contributed by atoms with E-state index in [1.807, 2.05) is 64.9 Å². The molecule has 1 aliphatic rings. The van der Waals surface area contributed by atoms with Gasteiger partial charge in [0.15, 0.2) is 0 Å². The van der Waals surface area contributed by atoms with E-state index in [2.05, 4.69) is 10.3 Å². The average Bonchev–Trinajstić information content (AvgIpc) is 3.26. The van der Waals surface area contributed by atoms with Crippen molar-refractivity contribution in [3.63, 3.8) is 0 Å². The Bertz CT molecular complexity index is 991. The van der Waals surface area contributed by atoms with Crippen LogP contribution in [0, 0.1) is 0 Å². The SMILES string of the molecule is NC(=O)[C@@H]1Cc2ccccc2CN1CC(=O)NC(c1ccccc1)c1nccs1. The minimum Gasteiger partial charge on any atom is -0.368 e. The molecule has 3 aromatic rings. The molecule has 0 spiro atoms. The van der Waals surface area contributed by atoms with Crippen molar-refractivity contribution in [1.29, 1.82) is 0 Å². The molecule has 1 unspecified atom stereocenters. The summed E-state index contributed by atoms with van der Waals surface area (Å²) in [6.07, 6.45) is 2.25. The van der Waals surface area contributed by atoms with Crippen LogP contribution in [0.4, 0.5) is 0 Å². The molecule has 6 nitrogen and oxygen atoms in total. The molecule has 0 saturated carbocycles. The highest BCUT2D eigenvalue weighted by atomic mass is 32.1. The Morgan fingerprint density at radius 1 is 1.14 bits per heavy atom. The molecule has 0 fully saturated rings. The monoisotopic (exact) mass is 406 g/mol. The number of benzene rings is 2. The Labute approximate surface area is 173 Å². The summed E-state index contributed by atoms with van der Waals surface area (Å²) in [5.41, 5.74) is 8.84. The number of rotatable bonds is 6. The van der Waals surface area contributed by atoms with Gasteiger partial charge in [-0.15, -0.1) is 11.3 Å². The van der Waals surface area contributed by atoms with Gasteiger partial charge in [0, 0.05) is 18.1 Å². The van der Waals surface area contributed by atoms with Crippen LogP contribution >= 0.6 is 11.3 Å². The van der Waals surface area contributed by atoms with Crippen LogP contribution < -0.4 is 11.1 Å². The molecule has 4 rings (SSSR count). The van der Waals surface area contributed by atoms with Crippen molar-refractivity contribution in [2.45, 2.75) is 25.0 Å². The van der Waals surface area contributed by atoms with E-state index in [0.717, 1.165) is 21.7 Å². The molecule has 1 aromatic heterocycles. The number of nitrogens with two attached hydrogens (primary N) is 1. The van der Waals surface area contributed by atoms with Crippen molar-refractivity contribution >= 4 is 23.2 Å². The zero-order chi connectivity index (χ0) is 20.2. The Morgan fingerprint density at radius 2 is 1.86 bits per heavy atom. The number of hydrogen-bond acceptors (Lipinski definition) is 5. The predicted octanol–water partition coefficient (Wildman–Crippen LogP) is 2.26. The molecule has 0 aliphatic carbocycles. The summed E-state index contributed by atoms with van der Waals surface area (Å²) >= 11 is 1.50. The van der Waals surface area contributed by atoms with Crippen LogP contribution in [0.3, 0.4) is 0 Å². The number of nitrogens with zero attached hydrogens (tertiary/aromatic N) is 2. The van der Waals surface area contributed by atoms with Crippen LogP contribution in [-0.4, -0.2) is 34.3 Å². The summed E-state index contributed by atoms with van der Waals surface area (Å²) in [7, 11) is 0. The van der Waals surface area contributed by atoms with Crippen molar-refractivity contribution in [3.05, 3.63) is 87.9 Å². The van der Waals surface area contributed by atoms with Crippen molar-refractivity contribution in [2.75, 3.05) is 6.54 Å². The van der Waals surface area contributed by atoms with Gasteiger partial charge in [0.1, 0.15) is 11.0 Å². The topological polar surface area (TPSA) is 88.3 Å². The summed E-state index contributed by atoms with van der Waals surface area (Å²) in [6.45, 7) is 0.612. The summed E-state index contributed by atoms with van der Waals surface area (Å²) in [5.74, 6) is -0.577. The number of carbonyl (C=O) groups is 2. The third-order valence-electron chi connectivity index (χ3n) is 5.16. The average molecular weight is 407 g/mol. The van der Waals surface area contributed by atoms with Crippen LogP contribution in [-0.2, 0) is 22.6 Å². The summed E-state index contributed by atoms with van der Waals surface area (Å²) in [4.78, 5) is 31.2. The van der Waals surface area contributed by atoms with Crippen LogP contribution in [0.15, 0.2) is 66.2 Å². The van der Waals surface area contributed by atoms with Gasteiger partial charge >= 0.3 is 0 Å². The van der Waals surface area contributed by atoms with E-state index < -0.39 is 11.9 Å². The lowest BCUT2D eigenvalue weighted by molar-refractivity contribution is -0.127. The maximum Gasteiger partial charge on any atom is 0.235 e. The van der Waals surface area contributed by atoms with Gasteiger partial charge in [-0.05, 0) is 23.1 Å². The maximum atomic E-state index is 12.9. The third-order valence-corrected chi connectivity index (χ3v) is 6.00. The zero-order valence-electron chi connectivity index (χ0n) is 15.8. The van der Waals surface area contributed by atoms with Crippen LogP contribution in [0.5, 0.6) is 0 Å². The second kappa shape index (κ2) is 8.55. The fraction of sp³-hybridized carbons (Fsp3) is 0.227. The minimum atomic E-state index is -0.495. The molecule has 0 radical (unpaired) electrons. The highest BCUT2D eigenvalue weighted by molar-refractivity contribution is 7.09. The number of hydrogen-bond donors (Lipinski definition) is 2. The maximum absolute atomic E-state index is 12.9. The molecule has 3 N–H and O–H groups in total. The molecule has 7 heteroatoms.